The van der Waals surface area contributed by atoms with Gasteiger partial charge in [0.15, 0.2) is 5.76 Å². The van der Waals surface area contributed by atoms with Crippen molar-refractivity contribution in [2.75, 3.05) is 37.8 Å². The standard InChI is InChI=1S/C23H26BrN5O4.ClH/c1-14(24)21(30)26-16-6-7-19-15(10-16)11-20(33-19)23(32)27-17-12-18(29(4)13-17)22(31)25-8-5-9-28(2)3;/h6-7,10-13H,1,5,8-9H2,2-4H3,(H,25,31)(H,26,30)(H,27,32);1H. The Hall–Kier alpha value is -3.08. The number of halogens is 2. The van der Waals surface area contributed by atoms with Gasteiger partial charge in [-0.15, -0.1) is 12.4 Å². The summed E-state index contributed by atoms with van der Waals surface area (Å²) in [6.45, 7) is 4.97. The number of rotatable bonds is 9. The van der Waals surface area contributed by atoms with Crippen LogP contribution >= 0.6 is 28.3 Å². The van der Waals surface area contributed by atoms with E-state index < -0.39 is 5.91 Å². The number of benzene rings is 1. The van der Waals surface area contributed by atoms with E-state index in [1.165, 1.54) is 0 Å². The van der Waals surface area contributed by atoms with Crippen molar-refractivity contribution >= 4 is 68.4 Å². The second-order valence-electron chi connectivity index (χ2n) is 7.81. The van der Waals surface area contributed by atoms with Crippen LogP contribution < -0.4 is 16.0 Å². The largest absolute Gasteiger partial charge is 0.451 e. The van der Waals surface area contributed by atoms with Gasteiger partial charge in [-0.1, -0.05) is 6.58 Å². The molecular weight excluding hydrogens is 526 g/mol. The maximum Gasteiger partial charge on any atom is 0.291 e. The molecular formula is C23H27BrClN5O4. The van der Waals surface area contributed by atoms with E-state index in [0.29, 0.717) is 34.6 Å². The molecule has 0 spiro atoms. The van der Waals surface area contributed by atoms with Crippen molar-refractivity contribution in [2.45, 2.75) is 6.42 Å². The molecule has 0 aliphatic heterocycles. The van der Waals surface area contributed by atoms with E-state index >= 15 is 0 Å². The van der Waals surface area contributed by atoms with E-state index in [4.69, 9.17) is 4.42 Å². The topological polar surface area (TPSA) is 109 Å². The lowest BCUT2D eigenvalue weighted by molar-refractivity contribution is -0.112. The maximum absolute atomic E-state index is 12.7. The fourth-order valence-corrected chi connectivity index (χ4v) is 3.27. The molecule has 0 saturated heterocycles. The number of hydrogen-bond donors (Lipinski definition) is 3. The van der Waals surface area contributed by atoms with Gasteiger partial charge in [-0.3, -0.25) is 14.4 Å². The second-order valence-corrected chi connectivity index (χ2v) is 8.77. The van der Waals surface area contributed by atoms with Crippen molar-refractivity contribution in [1.82, 2.24) is 14.8 Å². The Balaban J connectivity index is 0.00000408. The monoisotopic (exact) mass is 551 g/mol. The van der Waals surface area contributed by atoms with Gasteiger partial charge in [-0.05, 0) is 73.3 Å². The molecule has 0 fully saturated rings. The van der Waals surface area contributed by atoms with E-state index in [2.05, 4.69) is 43.4 Å². The fourth-order valence-electron chi connectivity index (χ4n) is 3.17. The van der Waals surface area contributed by atoms with Crippen molar-refractivity contribution in [3.8, 4) is 0 Å². The van der Waals surface area contributed by atoms with Crippen LogP contribution in [0.2, 0.25) is 0 Å². The van der Waals surface area contributed by atoms with Crippen LogP contribution in [0.5, 0.6) is 0 Å². The molecule has 0 aliphatic carbocycles. The number of carbonyl (C=O) groups excluding carboxylic acids is 3. The van der Waals surface area contributed by atoms with Gasteiger partial charge in [-0.25, -0.2) is 0 Å². The molecule has 2 heterocycles. The highest BCUT2D eigenvalue weighted by atomic mass is 79.9. The van der Waals surface area contributed by atoms with Gasteiger partial charge in [0.2, 0.25) is 0 Å². The van der Waals surface area contributed by atoms with Crippen LogP contribution in [-0.2, 0) is 11.8 Å². The molecule has 3 amide bonds. The van der Waals surface area contributed by atoms with Gasteiger partial charge in [-0.2, -0.15) is 0 Å². The molecule has 182 valence electrons. The summed E-state index contributed by atoms with van der Waals surface area (Å²) in [5, 5.41) is 8.97. The van der Waals surface area contributed by atoms with E-state index in [1.807, 2.05) is 14.1 Å². The van der Waals surface area contributed by atoms with Crippen molar-refractivity contribution in [2.24, 2.45) is 7.05 Å². The molecule has 0 radical (unpaired) electrons. The summed E-state index contributed by atoms with van der Waals surface area (Å²) in [6, 6.07) is 8.24. The lowest BCUT2D eigenvalue weighted by Gasteiger charge is -2.10. The maximum atomic E-state index is 12.7. The zero-order chi connectivity index (χ0) is 24.1. The minimum atomic E-state index is -0.450. The van der Waals surface area contributed by atoms with Crippen LogP contribution in [0.4, 0.5) is 11.4 Å². The van der Waals surface area contributed by atoms with E-state index in [9.17, 15) is 14.4 Å². The van der Waals surface area contributed by atoms with Crippen LogP contribution in [0.1, 0.15) is 27.5 Å². The summed E-state index contributed by atoms with van der Waals surface area (Å²) in [7, 11) is 5.70. The summed E-state index contributed by atoms with van der Waals surface area (Å²) in [4.78, 5) is 38.9. The van der Waals surface area contributed by atoms with E-state index in [1.54, 1.807) is 48.1 Å². The molecule has 0 atom stereocenters. The molecule has 1 aromatic carbocycles. The highest BCUT2D eigenvalue weighted by molar-refractivity contribution is 9.12. The highest BCUT2D eigenvalue weighted by Crippen LogP contribution is 2.24. The zero-order valence-corrected chi connectivity index (χ0v) is 21.5. The van der Waals surface area contributed by atoms with Crippen LogP contribution in [0.25, 0.3) is 11.0 Å². The van der Waals surface area contributed by atoms with E-state index in [0.717, 1.165) is 13.0 Å². The van der Waals surface area contributed by atoms with Gasteiger partial charge in [0, 0.05) is 30.9 Å². The summed E-state index contributed by atoms with van der Waals surface area (Å²) >= 11 is 3.03. The van der Waals surface area contributed by atoms with Crippen LogP contribution in [-0.4, -0.2) is 54.4 Å². The Bertz CT molecular complexity index is 1220. The van der Waals surface area contributed by atoms with Crippen molar-refractivity contribution < 1.29 is 18.8 Å². The number of aryl methyl sites for hydroxylation is 1. The number of aromatic nitrogens is 1. The molecule has 3 aromatic rings. The SMILES string of the molecule is C=C(Br)C(=O)Nc1ccc2oc(C(=O)Nc3cc(C(=O)NCCCN(C)C)n(C)c3)cc2c1.Cl. The summed E-state index contributed by atoms with van der Waals surface area (Å²) < 4.78 is 7.50. The fraction of sp³-hybridized carbons (Fsp3) is 0.261. The predicted molar refractivity (Wildman–Crippen MR) is 139 cm³/mol. The number of amides is 3. The van der Waals surface area contributed by atoms with E-state index in [-0.39, 0.29) is 34.5 Å². The smallest absolute Gasteiger partial charge is 0.291 e. The quantitative estimate of drug-likeness (QED) is 0.275. The molecule has 2 aromatic heterocycles. The third-order valence-electron chi connectivity index (χ3n) is 4.81. The highest BCUT2D eigenvalue weighted by Gasteiger charge is 2.17. The zero-order valence-electron chi connectivity index (χ0n) is 19.1. The number of furan rings is 1. The average Bonchev–Trinajstić information content (AvgIpc) is 3.33. The molecule has 11 heteroatoms. The molecule has 9 nitrogen and oxygen atoms in total. The lowest BCUT2D eigenvalue weighted by Crippen LogP contribution is -2.28. The Morgan fingerprint density at radius 1 is 1.09 bits per heavy atom. The van der Waals surface area contributed by atoms with Gasteiger partial charge >= 0.3 is 0 Å². The average molecular weight is 553 g/mol. The number of nitrogens with one attached hydrogen (secondary N) is 3. The van der Waals surface area contributed by atoms with Crippen LogP contribution in [0.3, 0.4) is 0 Å². The van der Waals surface area contributed by atoms with Gasteiger partial charge in [0.25, 0.3) is 17.7 Å². The second kappa shape index (κ2) is 11.9. The Morgan fingerprint density at radius 2 is 1.82 bits per heavy atom. The minimum absolute atomic E-state index is 0. The van der Waals surface area contributed by atoms with Gasteiger partial charge in [0.1, 0.15) is 11.3 Å². The van der Waals surface area contributed by atoms with Crippen molar-refractivity contribution in [3.63, 3.8) is 0 Å². The first-order chi connectivity index (χ1) is 15.6. The normalized spacial score (nSPS) is 10.6. The number of nitrogens with zero attached hydrogens (tertiary/aromatic N) is 2. The van der Waals surface area contributed by atoms with Crippen LogP contribution in [0, 0.1) is 0 Å². The minimum Gasteiger partial charge on any atom is -0.451 e. The Morgan fingerprint density at radius 3 is 2.50 bits per heavy atom. The van der Waals surface area contributed by atoms with Crippen LogP contribution in [0.15, 0.2) is 52.0 Å². The Labute approximate surface area is 212 Å². The summed E-state index contributed by atoms with van der Waals surface area (Å²) in [5.74, 6) is -0.912. The third-order valence-corrected chi connectivity index (χ3v) is 5.17. The number of anilines is 2. The molecule has 0 unspecified atom stereocenters. The van der Waals surface area contributed by atoms with Crippen molar-refractivity contribution in [1.29, 1.82) is 0 Å². The van der Waals surface area contributed by atoms with Crippen molar-refractivity contribution in [3.05, 3.63) is 59.0 Å². The van der Waals surface area contributed by atoms with Gasteiger partial charge in [0.05, 0.1) is 10.2 Å². The number of carbonyl (C=O) groups is 3. The Kier molecular flexibility index (Phi) is 9.48. The molecule has 34 heavy (non-hydrogen) atoms. The number of fused-ring (bicyclic) bond motifs is 1. The first-order valence-corrected chi connectivity index (χ1v) is 11.0. The summed E-state index contributed by atoms with van der Waals surface area (Å²) in [6.07, 6.45) is 2.51. The molecule has 0 aliphatic rings. The molecule has 0 saturated carbocycles. The van der Waals surface area contributed by atoms with Gasteiger partial charge < -0.3 is 29.8 Å². The first kappa shape index (κ1) is 27.2. The summed E-state index contributed by atoms with van der Waals surface area (Å²) in [5.41, 5.74) is 1.96. The molecule has 3 rings (SSSR count). The molecule has 3 N–H and O–H groups in total. The predicted octanol–water partition coefficient (Wildman–Crippen LogP) is 3.97. The lowest BCUT2D eigenvalue weighted by atomic mass is 10.2. The molecule has 0 bridgehead atoms. The first-order valence-electron chi connectivity index (χ1n) is 10.2. The third kappa shape index (κ3) is 6.96. The number of hydrogen-bond acceptors (Lipinski definition) is 5.